The summed E-state index contributed by atoms with van der Waals surface area (Å²) in [6.45, 7) is 4.29. The third kappa shape index (κ3) is 2.85. The number of pyridine rings is 1. The smallest absolute Gasteiger partial charge is 0.311 e. The van der Waals surface area contributed by atoms with Gasteiger partial charge in [0.2, 0.25) is 0 Å². The zero-order valence-corrected chi connectivity index (χ0v) is 13.3. The number of nitrogens with zero attached hydrogens (tertiary/aromatic N) is 2. The quantitative estimate of drug-likeness (QED) is 0.865. The summed E-state index contributed by atoms with van der Waals surface area (Å²) in [4.78, 5) is 29.4. The van der Waals surface area contributed by atoms with Crippen molar-refractivity contribution in [2.24, 2.45) is 11.3 Å². The average Bonchev–Trinajstić information content (AvgIpc) is 2.84. The van der Waals surface area contributed by atoms with Gasteiger partial charge in [0.05, 0.1) is 11.0 Å². The van der Waals surface area contributed by atoms with Crippen molar-refractivity contribution in [1.29, 1.82) is 0 Å². The van der Waals surface area contributed by atoms with E-state index in [-0.39, 0.29) is 34.2 Å². The van der Waals surface area contributed by atoms with E-state index in [9.17, 15) is 14.7 Å². The summed E-state index contributed by atoms with van der Waals surface area (Å²) in [5.41, 5.74) is -0.659. The molecule has 1 aliphatic heterocycles. The van der Waals surface area contributed by atoms with Crippen LogP contribution in [0.15, 0.2) is 12.1 Å². The molecule has 0 radical (unpaired) electrons. The van der Waals surface area contributed by atoms with Gasteiger partial charge >= 0.3 is 5.97 Å². The van der Waals surface area contributed by atoms with Crippen LogP contribution in [0.3, 0.4) is 0 Å². The van der Waals surface area contributed by atoms with Crippen molar-refractivity contribution in [2.75, 3.05) is 13.1 Å². The third-order valence-electron chi connectivity index (χ3n) is 4.16. The predicted molar refractivity (Wildman–Crippen MR) is 79.7 cm³/mol. The second-order valence-electron chi connectivity index (χ2n) is 5.57. The van der Waals surface area contributed by atoms with Crippen LogP contribution in [0.2, 0.25) is 10.3 Å². The number of carbonyl (C=O) groups excluding carboxylic acids is 1. The average molecular weight is 331 g/mol. The zero-order valence-electron chi connectivity index (χ0n) is 11.8. The van der Waals surface area contributed by atoms with E-state index < -0.39 is 11.4 Å². The Morgan fingerprint density at radius 1 is 1.38 bits per heavy atom. The van der Waals surface area contributed by atoms with Gasteiger partial charge in [0.15, 0.2) is 0 Å². The molecule has 114 valence electrons. The molecule has 0 saturated carbocycles. The molecule has 5 nitrogen and oxygen atoms in total. The number of carbonyl (C=O) groups is 2. The summed E-state index contributed by atoms with van der Waals surface area (Å²) in [6.07, 6.45) is 0.435. The van der Waals surface area contributed by atoms with E-state index >= 15 is 0 Å². The molecule has 21 heavy (non-hydrogen) atoms. The molecule has 1 aromatic rings. The first-order valence-corrected chi connectivity index (χ1v) is 7.38. The van der Waals surface area contributed by atoms with Crippen molar-refractivity contribution in [2.45, 2.75) is 20.3 Å². The number of hydrogen-bond acceptors (Lipinski definition) is 3. The van der Waals surface area contributed by atoms with Gasteiger partial charge in [-0.1, -0.05) is 37.0 Å². The van der Waals surface area contributed by atoms with E-state index in [4.69, 9.17) is 23.2 Å². The van der Waals surface area contributed by atoms with Crippen LogP contribution in [-0.4, -0.2) is 40.0 Å². The zero-order chi connectivity index (χ0) is 15.8. The Bertz CT molecular complexity index is 592. The van der Waals surface area contributed by atoms with Crippen LogP contribution < -0.4 is 0 Å². The predicted octanol–water partition coefficient (Wildman–Crippen LogP) is 2.96. The van der Waals surface area contributed by atoms with Crippen LogP contribution in [0.1, 0.15) is 30.6 Å². The van der Waals surface area contributed by atoms with Gasteiger partial charge in [-0.3, -0.25) is 9.59 Å². The van der Waals surface area contributed by atoms with Gasteiger partial charge in [0.25, 0.3) is 5.91 Å². The molecule has 1 aliphatic rings. The Kier molecular flexibility index (Phi) is 4.44. The number of rotatable bonds is 3. The minimum absolute atomic E-state index is 0.0323. The largest absolute Gasteiger partial charge is 0.481 e. The molecule has 0 aliphatic carbocycles. The lowest BCUT2D eigenvalue weighted by Crippen LogP contribution is -2.40. The lowest BCUT2D eigenvalue weighted by atomic mass is 9.76. The highest BCUT2D eigenvalue weighted by Crippen LogP contribution is 2.39. The third-order valence-corrected chi connectivity index (χ3v) is 4.66. The fourth-order valence-electron chi connectivity index (χ4n) is 2.64. The van der Waals surface area contributed by atoms with E-state index in [1.165, 1.54) is 17.0 Å². The molecule has 0 bridgehead atoms. The number of carboxylic acids is 1. The number of carboxylic acid groups (broad SMARTS) is 1. The molecule has 2 rings (SSSR count). The second-order valence-corrected chi connectivity index (χ2v) is 6.31. The van der Waals surface area contributed by atoms with E-state index in [2.05, 4.69) is 4.98 Å². The molecular formula is C14H16Cl2N2O3. The Morgan fingerprint density at radius 2 is 2.05 bits per heavy atom. The van der Waals surface area contributed by atoms with Crippen LogP contribution in [-0.2, 0) is 4.79 Å². The lowest BCUT2D eigenvalue weighted by Gasteiger charge is -2.28. The molecular weight excluding hydrogens is 315 g/mol. The summed E-state index contributed by atoms with van der Waals surface area (Å²) in [5, 5.41) is 9.74. The van der Waals surface area contributed by atoms with Crippen LogP contribution >= 0.6 is 23.2 Å². The van der Waals surface area contributed by atoms with E-state index in [1.54, 1.807) is 0 Å². The SMILES string of the molecule is CC(C)C1(C(=O)O)CCN(C(=O)c2ccc(Cl)nc2Cl)C1. The number of amides is 1. The fourth-order valence-corrected chi connectivity index (χ4v) is 3.07. The van der Waals surface area contributed by atoms with Crippen molar-refractivity contribution < 1.29 is 14.7 Å². The summed E-state index contributed by atoms with van der Waals surface area (Å²) in [7, 11) is 0. The van der Waals surface area contributed by atoms with E-state index in [0.29, 0.717) is 13.0 Å². The van der Waals surface area contributed by atoms with Crippen LogP contribution in [0.4, 0.5) is 0 Å². The van der Waals surface area contributed by atoms with Gasteiger partial charge < -0.3 is 10.0 Å². The van der Waals surface area contributed by atoms with Crippen molar-refractivity contribution in [1.82, 2.24) is 9.88 Å². The topological polar surface area (TPSA) is 70.5 Å². The molecule has 1 saturated heterocycles. The van der Waals surface area contributed by atoms with Gasteiger partial charge in [0, 0.05) is 13.1 Å². The Morgan fingerprint density at radius 3 is 2.52 bits per heavy atom. The van der Waals surface area contributed by atoms with Gasteiger partial charge in [-0.25, -0.2) is 4.98 Å². The Labute approximate surface area is 132 Å². The van der Waals surface area contributed by atoms with Crippen LogP contribution in [0.5, 0.6) is 0 Å². The molecule has 0 spiro atoms. The number of hydrogen-bond donors (Lipinski definition) is 1. The van der Waals surface area contributed by atoms with Crippen molar-refractivity contribution in [3.63, 3.8) is 0 Å². The first-order chi connectivity index (χ1) is 9.78. The minimum Gasteiger partial charge on any atom is -0.481 e. The molecule has 1 aromatic heterocycles. The highest BCUT2D eigenvalue weighted by molar-refractivity contribution is 6.34. The first kappa shape index (κ1) is 16.0. The fraction of sp³-hybridized carbons (Fsp3) is 0.500. The molecule has 2 heterocycles. The highest BCUT2D eigenvalue weighted by Gasteiger charge is 2.48. The van der Waals surface area contributed by atoms with Crippen LogP contribution in [0.25, 0.3) is 0 Å². The Hall–Kier alpha value is -1.33. The number of halogens is 2. The van der Waals surface area contributed by atoms with Crippen molar-refractivity contribution in [3.05, 3.63) is 28.0 Å². The summed E-state index contributed by atoms with van der Waals surface area (Å²) >= 11 is 11.7. The maximum Gasteiger partial charge on any atom is 0.311 e. The van der Waals surface area contributed by atoms with Crippen LogP contribution in [0, 0.1) is 11.3 Å². The van der Waals surface area contributed by atoms with E-state index in [0.717, 1.165) is 0 Å². The molecule has 1 atom stereocenters. The standard InChI is InChI=1S/C14H16Cl2N2O3/c1-8(2)14(13(20)21)5-6-18(7-14)12(19)9-3-4-10(15)17-11(9)16/h3-4,8H,5-7H2,1-2H3,(H,20,21). The molecule has 1 fully saturated rings. The van der Waals surface area contributed by atoms with Gasteiger partial charge in [-0.05, 0) is 24.5 Å². The molecule has 1 N–H and O–H groups in total. The number of aliphatic carboxylic acids is 1. The maximum atomic E-state index is 12.5. The van der Waals surface area contributed by atoms with Gasteiger partial charge in [-0.2, -0.15) is 0 Å². The molecule has 7 heteroatoms. The monoisotopic (exact) mass is 330 g/mol. The second kappa shape index (κ2) is 5.81. The van der Waals surface area contributed by atoms with Gasteiger partial charge in [-0.15, -0.1) is 0 Å². The summed E-state index contributed by atoms with van der Waals surface area (Å²) in [6, 6.07) is 3.00. The van der Waals surface area contributed by atoms with Gasteiger partial charge in [0.1, 0.15) is 10.3 Å². The summed E-state index contributed by atoms with van der Waals surface area (Å²) < 4.78 is 0. The van der Waals surface area contributed by atoms with Crippen molar-refractivity contribution >= 4 is 35.1 Å². The maximum absolute atomic E-state index is 12.5. The van der Waals surface area contributed by atoms with E-state index in [1.807, 2.05) is 13.8 Å². The summed E-state index contributed by atoms with van der Waals surface area (Å²) in [5.74, 6) is -1.24. The lowest BCUT2D eigenvalue weighted by molar-refractivity contribution is -0.150. The van der Waals surface area contributed by atoms with Crippen molar-refractivity contribution in [3.8, 4) is 0 Å². The Balaban J connectivity index is 2.25. The highest BCUT2D eigenvalue weighted by atomic mass is 35.5. The number of aromatic nitrogens is 1. The molecule has 0 aromatic carbocycles. The first-order valence-electron chi connectivity index (χ1n) is 6.62. The molecule has 1 unspecified atom stereocenters. The number of likely N-dealkylation sites (tertiary alicyclic amines) is 1. The molecule has 1 amide bonds. The normalized spacial score (nSPS) is 21.9. The minimum atomic E-state index is -0.901.